The maximum absolute atomic E-state index is 5.58. The molecule has 0 aliphatic carbocycles. The van der Waals surface area contributed by atoms with Gasteiger partial charge in [0.05, 0.1) is 6.61 Å². The third-order valence-electron chi connectivity index (χ3n) is 2.08. The molecule has 1 aromatic rings. The summed E-state index contributed by atoms with van der Waals surface area (Å²) in [6.45, 7) is 8.90. The highest BCUT2D eigenvalue weighted by atomic mass is 16.5. The molecule has 0 heterocycles. The predicted molar refractivity (Wildman–Crippen MR) is 61.5 cm³/mol. The van der Waals surface area contributed by atoms with Crippen molar-refractivity contribution >= 4 is 6.08 Å². The maximum Gasteiger partial charge on any atom is 0.119 e. The molecule has 0 atom stereocenters. The van der Waals surface area contributed by atoms with Gasteiger partial charge in [-0.3, -0.25) is 0 Å². The average Bonchev–Trinajstić information content (AvgIpc) is 2.18. The lowest BCUT2D eigenvalue weighted by Gasteiger charge is -2.07. The Bertz CT molecular complexity index is 272. The molecule has 14 heavy (non-hydrogen) atoms. The lowest BCUT2D eigenvalue weighted by atomic mass is 10.1. The van der Waals surface area contributed by atoms with Crippen molar-refractivity contribution in [1.29, 1.82) is 0 Å². The molecule has 0 spiro atoms. The molecule has 76 valence electrons. The summed E-state index contributed by atoms with van der Waals surface area (Å²) in [5.41, 5.74) is 1.13. The topological polar surface area (TPSA) is 9.23 Å². The Morgan fingerprint density at radius 2 is 1.93 bits per heavy atom. The van der Waals surface area contributed by atoms with E-state index in [1.807, 2.05) is 30.3 Å². The van der Waals surface area contributed by atoms with Gasteiger partial charge in [0.2, 0.25) is 0 Å². The quantitative estimate of drug-likeness (QED) is 0.687. The van der Waals surface area contributed by atoms with Gasteiger partial charge in [-0.05, 0) is 30.0 Å². The second-order valence-electron chi connectivity index (χ2n) is 3.80. The largest absolute Gasteiger partial charge is 0.494 e. The van der Waals surface area contributed by atoms with Crippen molar-refractivity contribution in [3.05, 3.63) is 36.4 Å². The molecule has 0 aliphatic heterocycles. The van der Waals surface area contributed by atoms with E-state index in [2.05, 4.69) is 20.4 Å². The van der Waals surface area contributed by atoms with E-state index < -0.39 is 0 Å². The van der Waals surface area contributed by atoms with Crippen LogP contribution < -0.4 is 4.74 Å². The van der Waals surface area contributed by atoms with Crippen LogP contribution in [-0.2, 0) is 0 Å². The molecule has 0 bridgehead atoms. The van der Waals surface area contributed by atoms with Gasteiger partial charge in [0, 0.05) is 0 Å². The molecule has 0 unspecified atom stereocenters. The Hall–Kier alpha value is -1.24. The van der Waals surface area contributed by atoms with Crippen molar-refractivity contribution in [2.24, 2.45) is 5.92 Å². The molecule has 0 fully saturated rings. The molecule has 1 heteroatoms. The summed E-state index contributed by atoms with van der Waals surface area (Å²) in [6.07, 6.45) is 2.93. The smallest absolute Gasteiger partial charge is 0.119 e. The fraction of sp³-hybridized carbons (Fsp3) is 0.385. The molecule has 0 aliphatic rings. The van der Waals surface area contributed by atoms with E-state index in [9.17, 15) is 0 Å². The van der Waals surface area contributed by atoms with Crippen LogP contribution in [0.1, 0.15) is 25.8 Å². The molecule has 0 aromatic heterocycles. The second-order valence-corrected chi connectivity index (χ2v) is 3.80. The van der Waals surface area contributed by atoms with Crippen LogP contribution in [0.25, 0.3) is 6.08 Å². The zero-order valence-electron chi connectivity index (χ0n) is 8.99. The van der Waals surface area contributed by atoms with E-state index in [1.54, 1.807) is 0 Å². The van der Waals surface area contributed by atoms with E-state index in [4.69, 9.17) is 4.74 Å². The van der Waals surface area contributed by atoms with Crippen LogP contribution in [0.15, 0.2) is 30.8 Å². The Labute approximate surface area is 86.4 Å². The number of benzene rings is 1. The van der Waals surface area contributed by atoms with Gasteiger partial charge in [-0.15, -0.1) is 0 Å². The fourth-order valence-corrected chi connectivity index (χ4v) is 1.11. The molecule has 0 amide bonds. The normalized spacial score (nSPS) is 10.2. The molecule has 0 radical (unpaired) electrons. The highest BCUT2D eigenvalue weighted by Crippen LogP contribution is 2.13. The van der Waals surface area contributed by atoms with Crippen molar-refractivity contribution < 1.29 is 4.74 Å². The van der Waals surface area contributed by atoms with Crippen molar-refractivity contribution in [1.82, 2.24) is 0 Å². The lowest BCUT2D eigenvalue weighted by Crippen LogP contribution is -2.01. The molecule has 1 rings (SSSR count). The SMILES string of the molecule is C=Cc1ccc(OCCC(C)C)cc1. The van der Waals surface area contributed by atoms with Crippen LogP contribution in [0.3, 0.4) is 0 Å². The van der Waals surface area contributed by atoms with Crippen LogP contribution in [0.4, 0.5) is 0 Å². The van der Waals surface area contributed by atoms with Gasteiger partial charge in [-0.2, -0.15) is 0 Å². The first-order chi connectivity index (χ1) is 6.72. The molecule has 0 saturated heterocycles. The van der Waals surface area contributed by atoms with Crippen LogP contribution in [-0.4, -0.2) is 6.61 Å². The van der Waals surface area contributed by atoms with Crippen LogP contribution in [0.2, 0.25) is 0 Å². The lowest BCUT2D eigenvalue weighted by molar-refractivity contribution is 0.289. The van der Waals surface area contributed by atoms with Gasteiger partial charge in [0.15, 0.2) is 0 Å². The number of hydrogen-bond donors (Lipinski definition) is 0. The monoisotopic (exact) mass is 190 g/mol. The highest BCUT2D eigenvalue weighted by Gasteiger charge is 1.96. The number of hydrogen-bond acceptors (Lipinski definition) is 1. The van der Waals surface area contributed by atoms with E-state index in [-0.39, 0.29) is 0 Å². The maximum atomic E-state index is 5.58. The van der Waals surface area contributed by atoms with Crippen LogP contribution in [0.5, 0.6) is 5.75 Å². The average molecular weight is 190 g/mol. The van der Waals surface area contributed by atoms with Crippen molar-refractivity contribution in [3.8, 4) is 5.75 Å². The summed E-state index contributed by atoms with van der Waals surface area (Å²) < 4.78 is 5.58. The molecular formula is C13H18O. The molecular weight excluding hydrogens is 172 g/mol. The first-order valence-corrected chi connectivity index (χ1v) is 5.07. The Balaban J connectivity index is 2.40. The third-order valence-corrected chi connectivity index (χ3v) is 2.08. The Kier molecular flexibility index (Phi) is 4.24. The van der Waals surface area contributed by atoms with Gasteiger partial charge in [-0.1, -0.05) is 38.6 Å². The van der Waals surface area contributed by atoms with Gasteiger partial charge < -0.3 is 4.74 Å². The van der Waals surface area contributed by atoms with Crippen molar-refractivity contribution in [3.63, 3.8) is 0 Å². The summed E-state index contributed by atoms with van der Waals surface area (Å²) in [5, 5.41) is 0. The Morgan fingerprint density at radius 3 is 2.43 bits per heavy atom. The predicted octanol–water partition coefficient (Wildman–Crippen LogP) is 3.75. The summed E-state index contributed by atoms with van der Waals surface area (Å²) in [5.74, 6) is 1.64. The highest BCUT2D eigenvalue weighted by molar-refractivity contribution is 5.48. The van der Waals surface area contributed by atoms with E-state index in [1.165, 1.54) is 0 Å². The minimum Gasteiger partial charge on any atom is -0.494 e. The first kappa shape index (κ1) is 10.8. The minimum absolute atomic E-state index is 0.697. The first-order valence-electron chi connectivity index (χ1n) is 5.07. The summed E-state index contributed by atoms with van der Waals surface area (Å²) in [6, 6.07) is 7.99. The second kappa shape index (κ2) is 5.48. The number of rotatable bonds is 5. The van der Waals surface area contributed by atoms with E-state index >= 15 is 0 Å². The van der Waals surface area contributed by atoms with E-state index in [0.29, 0.717) is 5.92 Å². The zero-order valence-corrected chi connectivity index (χ0v) is 8.99. The van der Waals surface area contributed by atoms with Gasteiger partial charge in [-0.25, -0.2) is 0 Å². The zero-order chi connectivity index (χ0) is 10.4. The summed E-state index contributed by atoms with van der Waals surface area (Å²) in [7, 11) is 0. The summed E-state index contributed by atoms with van der Waals surface area (Å²) >= 11 is 0. The van der Waals surface area contributed by atoms with Crippen molar-refractivity contribution in [2.75, 3.05) is 6.61 Å². The molecule has 1 nitrogen and oxygen atoms in total. The van der Waals surface area contributed by atoms with Crippen LogP contribution in [0, 0.1) is 5.92 Å². The van der Waals surface area contributed by atoms with Gasteiger partial charge >= 0.3 is 0 Å². The molecule has 0 saturated carbocycles. The number of ether oxygens (including phenoxy) is 1. The minimum atomic E-state index is 0.697. The molecule has 1 aromatic carbocycles. The standard InChI is InChI=1S/C13H18O/c1-4-12-5-7-13(8-6-12)14-10-9-11(2)3/h4-8,11H,1,9-10H2,2-3H3. The third kappa shape index (κ3) is 3.65. The Morgan fingerprint density at radius 1 is 1.29 bits per heavy atom. The van der Waals surface area contributed by atoms with Gasteiger partial charge in [0.25, 0.3) is 0 Å². The van der Waals surface area contributed by atoms with Crippen molar-refractivity contribution in [2.45, 2.75) is 20.3 Å². The van der Waals surface area contributed by atoms with Crippen LogP contribution >= 0.6 is 0 Å². The van der Waals surface area contributed by atoms with E-state index in [0.717, 1.165) is 24.3 Å². The summed E-state index contributed by atoms with van der Waals surface area (Å²) in [4.78, 5) is 0. The fourth-order valence-electron chi connectivity index (χ4n) is 1.11. The van der Waals surface area contributed by atoms with Gasteiger partial charge in [0.1, 0.15) is 5.75 Å². The molecule has 0 N–H and O–H groups in total.